The van der Waals surface area contributed by atoms with Gasteiger partial charge in [-0.2, -0.15) is 9.78 Å². The van der Waals surface area contributed by atoms with Crippen LogP contribution in [0.25, 0.3) is 11.3 Å². The Kier molecular flexibility index (Phi) is 4.02. The molecule has 1 atom stereocenters. The molecule has 0 saturated heterocycles. The van der Waals surface area contributed by atoms with Gasteiger partial charge in [-0.25, -0.2) is 5.10 Å². The van der Waals surface area contributed by atoms with E-state index >= 15 is 0 Å². The fourth-order valence-corrected chi connectivity index (χ4v) is 3.59. The van der Waals surface area contributed by atoms with Crippen molar-refractivity contribution >= 4 is 23.2 Å². The molecule has 2 N–H and O–H groups in total. The Morgan fingerprint density at radius 2 is 1.86 bits per heavy atom. The highest BCUT2D eigenvalue weighted by Gasteiger charge is 2.34. The first-order valence-corrected chi connectivity index (χ1v) is 9.11. The van der Waals surface area contributed by atoms with Gasteiger partial charge in [0.2, 0.25) is 5.95 Å². The third-order valence-electron chi connectivity index (χ3n) is 4.82. The minimum Gasteiger partial charge on any atom is -0.497 e. The summed E-state index contributed by atoms with van der Waals surface area (Å²) in [5, 5.41) is 22.4. The molecular formula is C19H14ClN7O2. The first-order chi connectivity index (χ1) is 14.2. The highest BCUT2D eigenvalue weighted by molar-refractivity contribution is 6.30. The highest BCUT2D eigenvalue weighted by Crippen LogP contribution is 2.41. The summed E-state index contributed by atoms with van der Waals surface area (Å²) in [7, 11) is 1.61. The van der Waals surface area contributed by atoms with Crippen LogP contribution in [-0.4, -0.2) is 37.5 Å². The number of halogens is 1. The summed E-state index contributed by atoms with van der Waals surface area (Å²) in [6, 6.07) is 14.3. The molecule has 5 rings (SSSR count). The SMILES string of the molecule is COc1ccc(-c2n[nH]c(=O)c3c2C(c2ccc(Cl)cc2)n2nnnc2N3)cc1. The van der Waals surface area contributed by atoms with Gasteiger partial charge in [-0.05, 0) is 52.4 Å². The van der Waals surface area contributed by atoms with Crippen molar-refractivity contribution in [1.29, 1.82) is 0 Å². The summed E-state index contributed by atoms with van der Waals surface area (Å²) in [4.78, 5) is 12.6. The van der Waals surface area contributed by atoms with Crippen molar-refractivity contribution in [3.63, 3.8) is 0 Å². The lowest BCUT2D eigenvalue weighted by Gasteiger charge is -2.27. The predicted octanol–water partition coefficient (Wildman–Crippen LogP) is 2.78. The zero-order chi connectivity index (χ0) is 20.0. The van der Waals surface area contributed by atoms with Crippen LogP contribution in [0.5, 0.6) is 5.75 Å². The summed E-state index contributed by atoms with van der Waals surface area (Å²) in [6.07, 6.45) is 0. The smallest absolute Gasteiger partial charge is 0.288 e. The molecule has 9 nitrogen and oxygen atoms in total. The van der Waals surface area contributed by atoms with E-state index in [-0.39, 0.29) is 5.56 Å². The van der Waals surface area contributed by atoms with E-state index < -0.39 is 6.04 Å². The van der Waals surface area contributed by atoms with Crippen LogP contribution in [0, 0.1) is 0 Å². The molecule has 29 heavy (non-hydrogen) atoms. The lowest BCUT2D eigenvalue weighted by atomic mass is 9.92. The zero-order valence-electron chi connectivity index (χ0n) is 15.1. The van der Waals surface area contributed by atoms with E-state index in [2.05, 4.69) is 31.0 Å². The number of aromatic amines is 1. The topological polar surface area (TPSA) is 111 Å². The zero-order valence-corrected chi connectivity index (χ0v) is 15.9. The predicted molar refractivity (Wildman–Crippen MR) is 107 cm³/mol. The first kappa shape index (κ1) is 17.4. The number of nitrogens with zero attached hydrogens (tertiary/aromatic N) is 5. The van der Waals surface area contributed by atoms with Gasteiger partial charge in [0.05, 0.1) is 12.8 Å². The van der Waals surface area contributed by atoms with Gasteiger partial charge in [-0.3, -0.25) is 4.79 Å². The molecule has 3 heterocycles. The second-order valence-corrected chi connectivity index (χ2v) is 6.88. The van der Waals surface area contributed by atoms with Crippen molar-refractivity contribution in [3.8, 4) is 17.0 Å². The maximum absolute atomic E-state index is 12.6. The maximum Gasteiger partial charge on any atom is 0.288 e. The van der Waals surface area contributed by atoms with E-state index in [0.717, 1.165) is 16.9 Å². The van der Waals surface area contributed by atoms with Gasteiger partial charge in [0.1, 0.15) is 17.5 Å². The summed E-state index contributed by atoms with van der Waals surface area (Å²) in [6.45, 7) is 0. The number of aromatic nitrogens is 6. The fourth-order valence-electron chi connectivity index (χ4n) is 3.46. The lowest BCUT2D eigenvalue weighted by molar-refractivity contribution is 0.415. The minimum absolute atomic E-state index is 0.355. The number of hydrogen-bond donors (Lipinski definition) is 2. The molecule has 2 aromatic heterocycles. The molecule has 0 bridgehead atoms. The molecule has 0 amide bonds. The number of nitrogens with one attached hydrogen (secondary N) is 2. The third-order valence-corrected chi connectivity index (χ3v) is 5.07. The van der Waals surface area contributed by atoms with Crippen molar-refractivity contribution in [1.82, 2.24) is 30.4 Å². The molecule has 4 aromatic rings. The van der Waals surface area contributed by atoms with Crippen molar-refractivity contribution in [2.45, 2.75) is 6.04 Å². The molecule has 0 saturated carbocycles. The number of fused-ring (bicyclic) bond motifs is 2. The normalized spacial score (nSPS) is 14.6. The van der Waals surface area contributed by atoms with E-state index in [1.807, 2.05) is 36.4 Å². The Balaban J connectivity index is 1.78. The molecule has 0 spiro atoms. The van der Waals surface area contributed by atoms with Gasteiger partial charge < -0.3 is 10.1 Å². The summed E-state index contributed by atoms with van der Waals surface area (Å²) >= 11 is 6.07. The molecule has 1 unspecified atom stereocenters. The quantitative estimate of drug-likeness (QED) is 0.473. The van der Waals surface area contributed by atoms with Crippen molar-refractivity contribution in [2.75, 3.05) is 12.4 Å². The van der Waals surface area contributed by atoms with Gasteiger partial charge in [-0.15, -0.1) is 0 Å². The summed E-state index contributed by atoms with van der Waals surface area (Å²) in [5.74, 6) is 1.09. The standard InChI is InChI=1S/C19H14ClN7O2/c1-29-13-8-4-10(5-9-13)15-14-16(18(28)23-22-15)21-19-24-25-26-27(19)17(14)11-2-6-12(20)7-3-11/h2-9,17H,1H3,(H,23,28)(H,21,24,26). The van der Waals surface area contributed by atoms with E-state index in [1.165, 1.54) is 0 Å². The number of methoxy groups -OCH3 is 1. The van der Waals surface area contributed by atoms with Crippen LogP contribution in [0.1, 0.15) is 17.2 Å². The molecule has 1 aliphatic heterocycles. The van der Waals surface area contributed by atoms with Gasteiger partial charge in [0.25, 0.3) is 5.56 Å². The average Bonchev–Trinajstić information content (AvgIpc) is 3.22. The molecule has 1 aliphatic rings. The largest absolute Gasteiger partial charge is 0.497 e. The van der Waals surface area contributed by atoms with Crippen molar-refractivity contribution < 1.29 is 4.74 Å². The second kappa shape index (κ2) is 6.71. The number of tetrazole rings is 1. The van der Waals surface area contributed by atoms with Crippen molar-refractivity contribution in [3.05, 3.63) is 75.0 Å². The van der Waals surface area contributed by atoms with Crippen LogP contribution in [-0.2, 0) is 0 Å². The van der Waals surface area contributed by atoms with Crippen LogP contribution < -0.4 is 15.6 Å². The number of benzene rings is 2. The Hall–Kier alpha value is -3.72. The summed E-state index contributed by atoms with van der Waals surface area (Å²) in [5.41, 5.74) is 2.96. The monoisotopic (exact) mass is 407 g/mol. The fraction of sp³-hybridized carbons (Fsp3) is 0.105. The number of ether oxygens (including phenoxy) is 1. The van der Waals surface area contributed by atoms with Gasteiger partial charge >= 0.3 is 0 Å². The third kappa shape index (κ3) is 2.83. The molecule has 2 aromatic carbocycles. The summed E-state index contributed by atoms with van der Waals surface area (Å²) < 4.78 is 6.87. The second-order valence-electron chi connectivity index (χ2n) is 6.44. The molecule has 0 fully saturated rings. The van der Waals surface area contributed by atoms with Crippen LogP contribution in [0.3, 0.4) is 0 Å². The van der Waals surface area contributed by atoms with Crippen LogP contribution in [0.15, 0.2) is 53.3 Å². The van der Waals surface area contributed by atoms with Gasteiger partial charge in [-0.1, -0.05) is 28.8 Å². The number of rotatable bonds is 3. The first-order valence-electron chi connectivity index (χ1n) is 8.73. The van der Waals surface area contributed by atoms with E-state index in [1.54, 1.807) is 23.9 Å². The van der Waals surface area contributed by atoms with E-state index in [9.17, 15) is 4.79 Å². The lowest BCUT2D eigenvalue weighted by Crippen LogP contribution is -2.29. The number of H-pyrrole nitrogens is 1. The van der Waals surface area contributed by atoms with Crippen LogP contribution >= 0.6 is 11.6 Å². The Morgan fingerprint density at radius 3 is 2.59 bits per heavy atom. The average molecular weight is 408 g/mol. The molecule has 0 radical (unpaired) electrons. The Morgan fingerprint density at radius 1 is 1.10 bits per heavy atom. The number of anilines is 2. The molecule has 10 heteroatoms. The molecule has 0 aliphatic carbocycles. The van der Waals surface area contributed by atoms with Gasteiger partial charge in [0, 0.05) is 16.1 Å². The Bertz CT molecular complexity index is 1250. The van der Waals surface area contributed by atoms with E-state index in [0.29, 0.717) is 27.9 Å². The molecular weight excluding hydrogens is 394 g/mol. The highest BCUT2D eigenvalue weighted by atomic mass is 35.5. The van der Waals surface area contributed by atoms with Crippen LogP contribution in [0.2, 0.25) is 5.02 Å². The Labute approximate surface area is 169 Å². The van der Waals surface area contributed by atoms with E-state index in [4.69, 9.17) is 16.3 Å². The number of hydrogen-bond acceptors (Lipinski definition) is 7. The minimum atomic E-state index is -0.458. The maximum atomic E-state index is 12.6. The van der Waals surface area contributed by atoms with Crippen molar-refractivity contribution in [2.24, 2.45) is 0 Å². The van der Waals surface area contributed by atoms with Gasteiger partial charge in [0.15, 0.2) is 0 Å². The van der Waals surface area contributed by atoms with Crippen LogP contribution in [0.4, 0.5) is 11.6 Å². The molecule has 144 valence electrons.